The van der Waals surface area contributed by atoms with Gasteiger partial charge in [-0.25, -0.2) is 0 Å². The van der Waals surface area contributed by atoms with Crippen LogP contribution in [0.4, 0.5) is 0 Å². The number of rotatable bonds is 5. The van der Waals surface area contributed by atoms with E-state index in [1.165, 1.54) is 6.92 Å². The van der Waals surface area contributed by atoms with E-state index in [9.17, 15) is 4.79 Å². The fourth-order valence-corrected chi connectivity index (χ4v) is 0.698. The van der Waals surface area contributed by atoms with Gasteiger partial charge in [-0.2, -0.15) is 0 Å². The molecule has 0 heterocycles. The number of aliphatic hydroxyl groups is 1. The van der Waals surface area contributed by atoms with Gasteiger partial charge in [-0.05, 0) is 13.0 Å². The second-order valence-corrected chi connectivity index (χ2v) is 2.43. The number of ether oxygens (including phenoxy) is 1. The number of carbonyl (C=O) groups is 1. The molecule has 0 aliphatic heterocycles. The summed E-state index contributed by atoms with van der Waals surface area (Å²) < 4.78 is 4.69. The predicted molar refractivity (Wildman–Crippen MR) is 40.9 cm³/mol. The van der Waals surface area contributed by atoms with Crippen molar-refractivity contribution in [3.63, 3.8) is 0 Å². The van der Waals surface area contributed by atoms with Crippen LogP contribution in [0.1, 0.15) is 13.3 Å². The van der Waals surface area contributed by atoms with Gasteiger partial charge in [-0.1, -0.05) is 0 Å². The highest BCUT2D eigenvalue weighted by molar-refractivity contribution is 5.65. The number of nitrogens with two attached hydrogens (primary N) is 1. The lowest BCUT2D eigenvalue weighted by Gasteiger charge is -2.11. The van der Waals surface area contributed by atoms with Gasteiger partial charge < -0.3 is 15.6 Å². The highest BCUT2D eigenvalue weighted by Gasteiger charge is 2.07. The maximum atomic E-state index is 10.3. The molecule has 0 spiro atoms. The Bertz CT molecular complexity index is 116. The van der Waals surface area contributed by atoms with Gasteiger partial charge in [0.1, 0.15) is 0 Å². The zero-order valence-corrected chi connectivity index (χ0v) is 6.75. The van der Waals surface area contributed by atoms with Gasteiger partial charge >= 0.3 is 5.97 Å². The number of carbonyl (C=O) groups excluding carboxylic acids is 1. The van der Waals surface area contributed by atoms with Crippen LogP contribution in [-0.2, 0) is 9.53 Å². The predicted octanol–water partition coefficient (Wildman–Crippen LogP) is -0.493. The first-order chi connectivity index (χ1) is 5.20. The molecule has 3 N–H and O–H groups in total. The quantitative estimate of drug-likeness (QED) is 0.533. The van der Waals surface area contributed by atoms with Crippen molar-refractivity contribution in [3.8, 4) is 0 Å². The summed E-state index contributed by atoms with van der Waals surface area (Å²) in [6.07, 6.45) is 0.684. The van der Waals surface area contributed by atoms with Crippen molar-refractivity contribution in [2.45, 2.75) is 13.3 Å². The van der Waals surface area contributed by atoms with Crippen molar-refractivity contribution in [3.05, 3.63) is 0 Å². The van der Waals surface area contributed by atoms with Crippen LogP contribution in [-0.4, -0.2) is 30.8 Å². The molecule has 66 valence electrons. The van der Waals surface area contributed by atoms with Crippen LogP contribution < -0.4 is 5.73 Å². The van der Waals surface area contributed by atoms with Gasteiger partial charge in [-0.3, -0.25) is 4.79 Å². The summed E-state index contributed by atoms with van der Waals surface area (Å²) in [6, 6.07) is 0. The second-order valence-electron chi connectivity index (χ2n) is 2.43. The Balaban J connectivity index is 3.43. The van der Waals surface area contributed by atoms with Crippen LogP contribution in [0.2, 0.25) is 0 Å². The first kappa shape index (κ1) is 10.4. The Morgan fingerprint density at radius 3 is 2.73 bits per heavy atom. The van der Waals surface area contributed by atoms with E-state index in [2.05, 4.69) is 0 Å². The average Bonchev–Trinajstić information content (AvgIpc) is 1.97. The fraction of sp³-hybridized carbons (Fsp3) is 0.857. The minimum absolute atomic E-state index is 0.0103. The lowest BCUT2D eigenvalue weighted by atomic mass is 10.1. The molecule has 0 aromatic heterocycles. The van der Waals surface area contributed by atoms with E-state index in [0.717, 1.165) is 0 Å². The van der Waals surface area contributed by atoms with E-state index in [1.54, 1.807) is 0 Å². The maximum absolute atomic E-state index is 10.3. The molecule has 0 aliphatic rings. The number of aliphatic hydroxyl groups excluding tert-OH is 1. The minimum Gasteiger partial charge on any atom is -0.465 e. The highest BCUT2D eigenvalue weighted by Crippen LogP contribution is 2.00. The molecule has 0 saturated carbocycles. The summed E-state index contributed by atoms with van der Waals surface area (Å²) in [4.78, 5) is 10.3. The lowest BCUT2D eigenvalue weighted by Crippen LogP contribution is -2.19. The molecule has 0 aliphatic carbocycles. The van der Waals surface area contributed by atoms with Crippen LogP contribution >= 0.6 is 0 Å². The van der Waals surface area contributed by atoms with Crippen molar-refractivity contribution >= 4 is 5.97 Å². The first-order valence-corrected chi connectivity index (χ1v) is 3.65. The zero-order valence-electron chi connectivity index (χ0n) is 6.75. The molecule has 0 fully saturated rings. The smallest absolute Gasteiger partial charge is 0.302 e. The number of hydrogen-bond acceptors (Lipinski definition) is 4. The highest BCUT2D eigenvalue weighted by atomic mass is 16.5. The minimum atomic E-state index is -0.319. The van der Waals surface area contributed by atoms with Crippen LogP contribution in [0.25, 0.3) is 0 Å². The van der Waals surface area contributed by atoms with Crippen molar-refractivity contribution in [1.82, 2.24) is 0 Å². The summed E-state index contributed by atoms with van der Waals surface area (Å²) in [5.41, 5.74) is 5.26. The molecule has 1 atom stereocenters. The Labute approximate surface area is 66.3 Å². The SMILES string of the molecule is CC(=O)OCC(CO)CCN. The third-order valence-corrected chi connectivity index (χ3v) is 1.36. The number of esters is 1. The largest absolute Gasteiger partial charge is 0.465 e. The van der Waals surface area contributed by atoms with E-state index in [4.69, 9.17) is 15.6 Å². The third kappa shape index (κ3) is 5.82. The number of hydrogen-bond donors (Lipinski definition) is 2. The fourth-order valence-electron chi connectivity index (χ4n) is 0.698. The standard InChI is InChI=1S/C7H15NO3/c1-6(10)11-5-7(4-9)2-3-8/h7,9H,2-5,8H2,1H3. The molecule has 0 rings (SSSR count). The molecule has 0 bridgehead atoms. The zero-order chi connectivity index (χ0) is 8.69. The lowest BCUT2D eigenvalue weighted by molar-refractivity contribution is -0.142. The van der Waals surface area contributed by atoms with Crippen LogP contribution in [0.15, 0.2) is 0 Å². The van der Waals surface area contributed by atoms with E-state index >= 15 is 0 Å². The first-order valence-electron chi connectivity index (χ1n) is 3.65. The van der Waals surface area contributed by atoms with Crippen LogP contribution in [0.5, 0.6) is 0 Å². The maximum Gasteiger partial charge on any atom is 0.302 e. The average molecular weight is 161 g/mol. The molecule has 0 saturated heterocycles. The molecule has 4 nitrogen and oxygen atoms in total. The van der Waals surface area contributed by atoms with Crippen molar-refractivity contribution < 1.29 is 14.6 Å². The molecule has 4 heteroatoms. The van der Waals surface area contributed by atoms with Gasteiger partial charge in [0.2, 0.25) is 0 Å². The Kier molecular flexibility index (Phi) is 5.78. The molecular weight excluding hydrogens is 146 g/mol. The van der Waals surface area contributed by atoms with E-state index < -0.39 is 0 Å². The Hall–Kier alpha value is -0.610. The van der Waals surface area contributed by atoms with E-state index in [-0.39, 0.29) is 25.1 Å². The molecular formula is C7H15NO3. The second kappa shape index (κ2) is 6.12. The van der Waals surface area contributed by atoms with Crippen molar-refractivity contribution in [2.24, 2.45) is 11.7 Å². The summed E-state index contributed by atoms with van der Waals surface area (Å²) in [6.45, 7) is 2.14. The van der Waals surface area contributed by atoms with Gasteiger partial charge in [0.15, 0.2) is 0 Å². The molecule has 0 radical (unpaired) electrons. The van der Waals surface area contributed by atoms with Crippen LogP contribution in [0, 0.1) is 5.92 Å². The molecule has 11 heavy (non-hydrogen) atoms. The van der Waals surface area contributed by atoms with Gasteiger partial charge in [-0.15, -0.1) is 0 Å². The molecule has 1 unspecified atom stereocenters. The van der Waals surface area contributed by atoms with Gasteiger partial charge in [0.05, 0.1) is 6.61 Å². The van der Waals surface area contributed by atoms with Crippen molar-refractivity contribution in [1.29, 1.82) is 0 Å². The van der Waals surface area contributed by atoms with Gasteiger partial charge in [0, 0.05) is 19.4 Å². The van der Waals surface area contributed by atoms with E-state index in [1.807, 2.05) is 0 Å². The monoisotopic (exact) mass is 161 g/mol. The topological polar surface area (TPSA) is 72.5 Å². The summed E-state index contributed by atoms with van der Waals surface area (Å²) in [5.74, 6) is -0.329. The Morgan fingerprint density at radius 2 is 2.36 bits per heavy atom. The van der Waals surface area contributed by atoms with Crippen LogP contribution in [0.3, 0.4) is 0 Å². The summed E-state index contributed by atoms with van der Waals surface area (Å²) in [5, 5.41) is 8.72. The normalized spacial score (nSPS) is 12.6. The summed E-state index contributed by atoms with van der Waals surface area (Å²) >= 11 is 0. The molecule has 0 aromatic carbocycles. The van der Waals surface area contributed by atoms with E-state index in [0.29, 0.717) is 13.0 Å². The Morgan fingerprint density at radius 1 is 1.73 bits per heavy atom. The van der Waals surface area contributed by atoms with Gasteiger partial charge in [0.25, 0.3) is 0 Å². The van der Waals surface area contributed by atoms with Crippen molar-refractivity contribution in [2.75, 3.05) is 19.8 Å². The summed E-state index contributed by atoms with van der Waals surface area (Å²) in [7, 11) is 0. The molecule has 0 aromatic rings. The third-order valence-electron chi connectivity index (χ3n) is 1.36. The molecule has 0 amide bonds.